The third-order valence-electron chi connectivity index (χ3n) is 3.49. The monoisotopic (exact) mass is 523 g/mol. The smallest absolute Gasteiger partial charge is 0.490 e. The summed E-state index contributed by atoms with van der Waals surface area (Å²) >= 11 is 3.44. The van der Waals surface area contributed by atoms with Crippen LogP contribution in [-0.4, -0.2) is 64.3 Å². The molecule has 32 heavy (non-hydrogen) atoms. The average molecular weight is 524 g/mol. The first-order valence-electron chi connectivity index (χ1n) is 8.80. The highest BCUT2D eigenvalue weighted by atomic mass is 79.9. The van der Waals surface area contributed by atoms with Crippen LogP contribution in [0.25, 0.3) is 0 Å². The Morgan fingerprint density at radius 2 is 2.00 bits per heavy atom. The highest BCUT2D eigenvalue weighted by molar-refractivity contribution is 9.10. The zero-order valence-corrected chi connectivity index (χ0v) is 18.4. The fourth-order valence-electron chi connectivity index (χ4n) is 2.05. The molecule has 0 aliphatic heterocycles. The zero-order chi connectivity index (χ0) is 24.3. The Kier molecular flexibility index (Phi) is 10.4. The van der Waals surface area contributed by atoms with E-state index in [0.717, 1.165) is 15.8 Å². The lowest BCUT2D eigenvalue weighted by Gasteiger charge is -2.06. The van der Waals surface area contributed by atoms with Crippen LogP contribution in [0, 0.1) is 0 Å². The molecule has 1 heterocycles. The molecule has 6 N–H and O–H groups in total. The second-order valence-corrected chi connectivity index (χ2v) is 6.84. The second-order valence-electron chi connectivity index (χ2n) is 5.99. The van der Waals surface area contributed by atoms with Gasteiger partial charge in [0.2, 0.25) is 0 Å². The fraction of sp³-hybridized carbons (Fsp3) is 0.353. The van der Waals surface area contributed by atoms with Gasteiger partial charge >= 0.3 is 12.1 Å². The molecule has 1 aromatic carbocycles. The summed E-state index contributed by atoms with van der Waals surface area (Å²) in [4.78, 5) is 24.7. The fourth-order valence-corrected chi connectivity index (χ4v) is 2.64. The van der Waals surface area contributed by atoms with Crippen molar-refractivity contribution in [3.63, 3.8) is 0 Å². The Hall–Kier alpha value is -3.36. The van der Waals surface area contributed by atoms with Crippen LogP contribution in [0.4, 0.5) is 13.2 Å². The molecule has 2 aromatic rings. The molecular weight excluding hydrogens is 503 g/mol. The van der Waals surface area contributed by atoms with Crippen molar-refractivity contribution in [2.24, 2.45) is 16.5 Å². The number of benzene rings is 1. The van der Waals surface area contributed by atoms with Crippen molar-refractivity contribution < 1.29 is 32.6 Å². The van der Waals surface area contributed by atoms with Gasteiger partial charge in [-0.05, 0) is 40.0 Å². The van der Waals surface area contributed by atoms with Crippen molar-refractivity contribution in [2.75, 3.05) is 20.2 Å². The van der Waals surface area contributed by atoms with Crippen molar-refractivity contribution in [2.45, 2.75) is 19.1 Å². The van der Waals surface area contributed by atoms with Gasteiger partial charge in [0.15, 0.2) is 11.7 Å². The third kappa shape index (κ3) is 9.63. The number of nitrogens with one attached hydrogen (secondary N) is 1. The number of hydrogen-bond donors (Lipinski definition) is 4. The number of carboxylic acids is 1. The minimum absolute atomic E-state index is 0.0411. The van der Waals surface area contributed by atoms with Crippen LogP contribution in [-0.2, 0) is 11.3 Å². The molecule has 0 bridgehead atoms. The van der Waals surface area contributed by atoms with Crippen LogP contribution >= 0.6 is 15.9 Å². The Labute approximate surface area is 188 Å². The van der Waals surface area contributed by atoms with E-state index in [2.05, 4.69) is 36.6 Å². The molecule has 15 heteroatoms. The number of nitrogens with zero attached hydrogens (tertiary/aromatic N) is 4. The number of halogens is 4. The number of carboxylic acid groups (broad SMARTS) is 1. The van der Waals surface area contributed by atoms with Gasteiger partial charge in [-0.15, -0.1) is 5.10 Å². The number of hydrogen-bond acceptors (Lipinski definition) is 6. The van der Waals surface area contributed by atoms with Crippen molar-refractivity contribution in [1.82, 2.24) is 20.3 Å². The van der Waals surface area contributed by atoms with Gasteiger partial charge in [0.1, 0.15) is 5.75 Å². The summed E-state index contributed by atoms with van der Waals surface area (Å²) in [5.41, 5.74) is 11.7. The summed E-state index contributed by atoms with van der Waals surface area (Å²) < 4.78 is 39.4. The van der Waals surface area contributed by atoms with Crippen molar-refractivity contribution >= 4 is 33.8 Å². The number of aliphatic imine (C=N–C) groups is 1. The van der Waals surface area contributed by atoms with E-state index >= 15 is 0 Å². The molecular formula is C17H21BrF3N7O4. The van der Waals surface area contributed by atoms with Gasteiger partial charge in [-0.2, -0.15) is 13.2 Å². The van der Waals surface area contributed by atoms with Crippen LogP contribution in [0.5, 0.6) is 5.75 Å². The van der Waals surface area contributed by atoms with Gasteiger partial charge < -0.3 is 26.6 Å². The lowest BCUT2D eigenvalue weighted by atomic mass is 10.2. The number of carbonyl (C=O) groups excluding carboxylic acids is 1. The summed E-state index contributed by atoms with van der Waals surface area (Å²) in [7, 11) is 1.61. The summed E-state index contributed by atoms with van der Waals surface area (Å²) in [5.74, 6) is -2.25. The van der Waals surface area contributed by atoms with E-state index in [1.807, 2.05) is 18.2 Å². The second kappa shape index (κ2) is 12.5. The van der Waals surface area contributed by atoms with E-state index in [-0.39, 0.29) is 17.6 Å². The van der Waals surface area contributed by atoms with Gasteiger partial charge in [0.05, 0.1) is 24.3 Å². The topological polar surface area (TPSA) is 171 Å². The van der Waals surface area contributed by atoms with E-state index in [9.17, 15) is 18.0 Å². The number of amides is 1. The van der Waals surface area contributed by atoms with E-state index in [1.165, 1.54) is 0 Å². The highest BCUT2D eigenvalue weighted by Gasteiger charge is 2.38. The summed E-state index contributed by atoms with van der Waals surface area (Å²) in [6.45, 7) is 1.41. The number of aromatic nitrogens is 3. The number of rotatable bonds is 8. The third-order valence-corrected chi connectivity index (χ3v) is 4.11. The lowest BCUT2D eigenvalue weighted by Crippen LogP contribution is -2.26. The van der Waals surface area contributed by atoms with Crippen molar-refractivity contribution in [3.05, 3.63) is 40.1 Å². The number of methoxy groups -OCH3 is 1. The van der Waals surface area contributed by atoms with E-state index in [1.54, 1.807) is 18.0 Å². The highest BCUT2D eigenvalue weighted by Crippen LogP contribution is 2.25. The normalized spacial score (nSPS) is 10.5. The maximum Gasteiger partial charge on any atom is 0.490 e. The number of alkyl halides is 3. The first kappa shape index (κ1) is 26.7. The van der Waals surface area contributed by atoms with Crippen molar-refractivity contribution in [1.29, 1.82) is 0 Å². The maximum absolute atomic E-state index is 12.0. The maximum atomic E-state index is 12.0. The SMILES string of the molecule is COc1ccc(Cn2cc(C(=O)NCCCN=C(N)N)nn2)cc1Br.O=C(O)C(F)(F)F. The molecule has 0 fully saturated rings. The van der Waals surface area contributed by atoms with E-state index < -0.39 is 12.1 Å². The molecule has 0 unspecified atom stereocenters. The number of ether oxygens (including phenoxy) is 1. The predicted molar refractivity (Wildman–Crippen MR) is 111 cm³/mol. The number of carbonyl (C=O) groups is 2. The first-order chi connectivity index (χ1) is 14.9. The number of nitrogens with two attached hydrogens (primary N) is 2. The Morgan fingerprint density at radius 1 is 1.34 bits per heavy atom. The molecule has 2 rings (SSSR count). The van der Waals surface area contributed by atoms with Gasteiger partial charge in [-0.25, -0.2) is 9.48 Å². The molecule has 0 saturated heterocycles. The summed E-state index contributed by atoms with van der Waals surface area (Å²) in [6, 6.07) is 5.72. The lowest BCUT2D eigenvalue weighted by molar-refractivity contribution is -0.192. The minimum atomic E-state index is -5.08. The Balaban J connectivity index is 0.000000633. The molecule has 0 aliphatic rings. The number of aliphatic carboxylic acids is 1. The minimum Gasteiger partial charge on any atom is -0.496 e. The van der Waals surface area contributed by atoms with E-state index in [4.69, 9.17) is 26.1 Å². The van der Waals surface area contributed by atoms with Gasteiger partial charge in [0.25, 0.3) is 5.91 Å². The van der Waals surface area contributed by atoms with Crippen LogP contribution in [0.3, 0.4) is 0 Å². The van der Waals surface area contributed by atoms with E-state index in [0.29, 0.717) is 26.1 Å². The van der Waals surface area contributed by atoms with Gasteiger partial charge in [0, 0.05) is 13.1 Å². The number of guanidine groups is 1. The molecule has 1 aromatic heterocycles. The molecule has 0 aliphatic carbocycles. The van der Waals surface area contributed by atoms with Crippen LogP contribution in [0.2, 0.25) is 0 Å². The zero-order valence-electron chi connectivity index (χ0n) is 16.8. The van der Waals surface area contributed by atoms with Gasteiger partial charge in [-0.3, -0.25) is 9.79 Å². The molecule has 0 atom stereocenters. The largest absolute Gasteiger partial charge is 0.496 e. The molecule has 0 radical (unpaired) electrons. The van der Waals surface area contributed by atoms with Crippen LogP contribution < -0.4 is 21.5 Å². The average Bonchev–Trinajstić information content (AvgIpc) is 3.16. The van der Waals surface area contributed by atoms with Crippen LogP contribution in [0.1, 0.15) is 22.5 Å². The Bertz CT molecular complexity index is 946. The van der Waals surface area contributed by atoms with Crippen LogP contribution in [0.15, 0.2) is 33.9 Å². The standard InChI is InChI=1S/C15H20BrN7O2.C2HF3O2/c1-25-13-4-3-10(7-11(13)16)8-23-9-12(21-22-23)14(24)19-5-2-6-20-15(17)18;3-2(4,5)1(6)7/h3-4,7,9H,2,5-6,8H2,1H3,(H,19,24)(H4,17,18,20);(H,6,7). The summed E-state index contributed by atoms with van der Waals surface area (Å²) in [5, 5.41) is 17.7. The Morgan fingerprint density at radius 3 is 2.53 bits per heavy atom. The molecule has 176 valence electrons. The molecule has 1 amide bonds. The molecule has 0 saturated carbocycles. The summed E-state index contributed by atoms with van der Waals surface area (Å²) in [6.07, 6.45) is -2.85. The molecule has 11 nitrogen and oxygen atoms in total. The quantitative estimate of drug-likeness (QED) is 0.226. The predicted octanol–water partition coefficient (Wildman–Crippen LogP) is 1.12. The van der Waals surface area contributed by atoms with Gasteiger partial charge in [-0.1, -0.05) is 11.3 Å². The first-order valence-corrected chi connectivity index (χ1v) is 9.59. The molecule has 0 spiro atoms. The van der Waals surface area contributed by atoms with Crippen molar-refractivity contribution in [3.8, 4) is 5.75 Å².